The quantitative estimate of drug-likeness (QED) is 0.768. The lowest BCUT2D eigenvalue weighted by Gasteiger charge is -2.12. The summed E-state index contributed by atoms with van der Waals surface area (Å²) in [7, 11) is 1.69. The van der Waals surface area contributed by atoms with Crippen LogP contribution >= 0.6 is 11.6 Å². The molecule has 2 aromatic rings. The number of alkyl halides is 1. The number of imidazole rings is 1. The van der Waals surface area contributed by atoms with Gasteiger partial charge in [0.2, 0.25) is 0 Å². The molecule has 0 saturated carbocycles. The van der Waals surface area contributed by atoms with Gasteiger partial charge in [0.1, 0.15) is 11.3 Å². The van der Waals surface area contributed by atoms with Gasteiger partial charge in [0.25, 0.3) is 0 Å². The third-order valence-corrected chi connectivity index (χ3v) is 2.78. The second-order valence-electron chi connectivity index (χ2n) is 3.66. The molecule has 0 fully saturated rings. The lowest BCUT2D eigenvalue weighted by Crippen LogP contribution is -2.16. The van der Waals surface area contributed by atoms with Gasteiger partial charge in [-0.2, -0.15) is 0 Å². The number of pyridine rings is 1. The average molecular weight is 240 g/mol. The first-order valence-corrected chi connectivity index (χ1v) is 5.68. The summed E-state index contributed by atoms with van der Waals surface area (Å²) in [6.45, 7) is 2.72. The molecule has 0 spiro atoms. The van der Waals surface area contributed by atoms with Gasteiger partial charge in [-0.3, -0.25) is 0 Å². The van der Waals surface area contributed by atoms with E-state index in [-0.39, 0.29) is 6.10 Å². The van der Waals surface area contributed by atoms with Crippen LogP contribution in [0.15, 0.2) is 18.3 Å². The molecule has 0 aliphatic heterocycles. The average Bonchev–Trinajstić information content (AvgIpc) is 2.67. The van der Waals surface area contributed by atoms with Crippen LogP contribution in [0, 0.1) is 0 Å². The molecule has 0 bridgehead atoms. The van der Waals surface area contributed by atoms with E-state index in [4.69, 9.17) is 16.3 Å². The Kier molecular flexibility index (Phi) is 3.41. The van der Waals surface area contributed by atoms with Gasteiger partial charge in [-0.05, 0) is 19.1 Å². The lowest BCUT2D eigenvalue weighted by atomic mass is 10.4. The summed E-state index contributed by atoms with van der Waals surface area (Å²) in [5.41, 5.74) is 1.74. The van der Waals surface area contributed by atoms with Crippen molar-refractivity contribution in [1.82, 2.24) is 14.5 Å². The molecule has 0 aliphatic carbocycles. The van der Waals surface area contributed by atoms with E-state index in [0.717, 1.165) is 17.0 Å². The van der Waals surface area contributed by atoms with Crippen molar-refractivity contribution in [3.05, 3.63) is 24.2 Å². The molecule has 1 unspecified atom stereocenters. The van der Waals surface area contributed by atoms with E-state index in [9.17, 15) is 0 Å². The SMILES string of the molecule is COC(C)Cn1c(CCl)nc2cccnc21. The number of hydrogen-bond acceptors (Lipinski definition) is 3. The Morgan fingerprint density at radius 1 is 1.56 bits per heavy atom. The van der Waals surface area contributed by atoms with Gasteiger partial charge in [0.05, 0.1) is 18.5 Å². The van der Waals surface area contributed by atoms with Crippen LogP contribution in [0.5, 0.6) is 0 Å². The highest BCUT2D eigenvalue weighted by molar-refractivity contribution is 6.16. The predicted octanol–water partition coefficient (Wildman–Crippen LogP) is 2.21. The van der Waals surface area contributed by atoms with E-state index in [1.807, 2.05) is 23.6 Å². The second-order valence-corrected chi connectivity index (χ2v) is 3.93. The summed E-state index contributed by atoms with van der Waals surface area (Å²) >= 11 is 5.88. The van der Waals surface area contributed by atoms with Gasteiger partial charge in [-0.25, -0.2) is 9.97 Å². The summed E-state index contributed by atoms with van der Waals surface area (Å²) in [5.74, 6) is 1.21. The van der Waals surface area contributed by atoms with Crippen molar-refractivity contribution in [2.45, 2.75) is 25.5 Å². The van der Waals surface area contributed by atoms with Crippen molar-refractivity contribution >= 4 is 22.8 Å². The Hall–Kier alpha value is -1.13. The van der Waals surface area contributed by atoms with Crippen molar-refractivity contribution in [2.75, 3.05) is 7.11 Å². The van der Waals surface area contributed by atoms with Crippen LogP contribution in [0.25, 0.3) is 11.2 Å². The van der Waals surface area contributed by atoms with Crippen LogP contribution in [0.2, 0.25) is 0 Å². The maximum absolute atomic E-state index is 5.88. The highest BCUT2D eigenvalue weighted by Crippen LogP contribution is 2.16. The van der Waals surface area contributed by atoms with Crippen LogP contribution in [-0.2, 0) is 17.2 Å². The van der Waals surface area contributed by atoms with Gasteiger partial charge in [0, 0.05) is 13.3 Å². The molecule has 0 aliphatic rings. The molecular weight excluding hydrogens is 226 g/mol. The van der Waals surface area contributed by atoms with E-state index >= 15 is 0 Å². The first-order valence-electron chi connectivity index (χ1n) is 5.15. The van der Waals surface area contributed by atoms with E-state index in [1.54, 1.807) is 13.3 Å². The predicted molar refractivity (Wildman–Crippen MR) is 63.6 cm³/mol. The fraction of sp³-hybridized carbons (Fsp3) is 0.455. The zero-order valence-corrected chi connectivity index (χ0v) is 10.1. The number of fused-ring (bicyclic) bond motifs is 1. The Morgan fingerprint density at radius 2 is 2.38 bits per heavy atom. The number of ether oxygens (including phenoxy) is 1. The first-order chi connectivity index (χ1) is 7.76. The van der Waals surface area contributed by atoms with Crippen molar-refractivity contribution in [2.24, 2.45) is 0 Å². The number of nitrogens with zero attached hydrogens (tertiary/aromatic N) is 3. The normalized spacial score (nSPS) is 13.2. The fourth-order valence-corrected chi connectivity index (χ4v) is 1.83. The van der Waals surface area contributed by atoms with Gasteiger partial charge in [-0.1, -0.05) is 0 Å². The maximum Gasteiger partial charge on any atom is 0.160 e. The molecule has 2 heterocycles. The lowest BCUT2D eigenvalue weighted by molar-refractivity contribution is 0.103. The van der Waals surface area contributed by atoms with E-state index < -0.39 is 0 Å². The molecule has 0 aromatic carbocycles. The van der Waals surface area contributed by atoms with Crippen molar-refractivity contribution in [3.63, 3.8) is 0 Å². The van der Waals surface area contributed by atoms with Crippen molar-refractivity contribution in [3.8, 4) is 0 Å². The third kappa shape index (κ3) is 2.03. The molecule has 2 aromatic heterocycles. The van der Waals surface area contributed by atoms with Crippen LogP contribution < -0.4 is 0 Å². The highest BCUT2D eigenvalue weighted by Gasteiger charge is 2.12. The standard InChI is InChI=1S/C11H14ClN3O/c1-8(16-2)7-15-10(6-12)14-9-4-3-5-13-11(9)15/h3-5,8H,6-7H2,1-2H3. The van der Waals surface area contributed by atoms with E-state index in [0.29, 0.717) is 12.4 Å². The van der Waals surface area contributed by atoms with Gasteiger partial charge in [-0.15, -0.1) is 11.6 Å². The van der Waals surface area contributed by atoms with Crippen molar-refractivity contribution in [1.29, 1.82) is 0 Å². The number of methoxy groups -OCH3 is 1. The molecular formula is C11H14ClN3O. The monoisotopic (exact) mass is 239 g/mol. The molecule has 86 valence electrons. The molecule has 4 nitrogen and oxygen atoms in total. The maximum atomic E-state index is 5.88. The molecule has 0 N–H and O–H groups in total. The van der Waals surface area contributed by atoms with Crippen LogP contribution in [0.4, 0.5) is 0 Å². The summed E-state index contributed by atoms with van der Waals surface area (Å²) in [5, 5.41) is 0. The zero-order chi connectivity index (χ0) is 11.5. The summed E-state index contributed by atoms with van der Waals surface area (Å²) in [6.07, 6.45) is 1.87. The third-order valence-electron chi connectivity index (χ3n) is 2.54. The Balaban J connectivity index is 2.47. The Bertz CT molecular complexity index is 483. The van der Waals surface area contributed by atoms with Crippen LogP contribution in [-0.4, -0.2) is 27.7 Å². The molecule has 5 heteroatoms. The van der Waals surface area contributed by atoms with Crippen molar-refractivity contribution < 1.29 is 4.74 Å². The molecule has 0 amide bonds. The van der Waals surface area contributed by atoms with Gasteiger partial charge in [0.15, 0.2) is 5.65 Å². The Morgan fingerprint density at radius 3 is 3.06 bits per heavy atom. The molecule has 2 rings (SSSR count). The second kappa shape index (κ2) is 4.80. The molecule has 16 heavy (non-hydrogen) atoms. The zero-order valence-electron chi connectivity index (χ0n) is 9.35. The number of aromatic nitrogens is 3. The van der Waals surface area contributed by atoms with Crippen LogP contribution in [0.3, 0.4) is 0 Å². The molecule has 0 saturated heterocycles. The van der Waals surface area contributed by atoms with Crippen LogP contribution in [0.1, 0.15) is 12.7 Å². The summed E-state index contributed by atoms with van der Waals surface area (Å²) in [4.78, 5) is 8.75. The number of rotatable bonds is 4. The smallest absolute Gasteiger partial charge is 0.160 e. The van der Waals surface area contributed by atoms with Gasteiger partial charge < -0.3 is 9.30 Å². The van der Waals surface area contributed by atoms with E-state index in [2.05, 4.69) is 9.97 Å². The number of halogens is 1. The number of hydrogen-bond donors (Lipinski definition) is 0. The highest BCUT2D eigenvalue weighted by atomic mass is 35.5. The minimum Gasteiger partial charge on any atom is -0.380 e. The first kappa shape index (κ1) is 11.4. The summed E-state index contributed by atoms with van der Waals surface area (Å²) in [6, 6.07) is 3.81. The molecule has 1 atom stereocenters. The van der Waals surface area contributed by atoms with E-state index in [1.165, 1.54) is 0 Å². The Labute approximate surface area is 99.2 Å². The summed E-state index contributed by atoms with van der Waals surface area (Å²) < 4.78 is 7.26. The fourth-order valence-electron chi connectivity index (χ4n) is 1.63. The topological polar surface area (TPSA) is 39.9 Å². The minimum absolute atomic E-state index is 0.112. The molecule has 0 radical (unpaired) electrons. The largest absolute Gasteiger partial charge is 0.380 e. The van der Waals surface area contributed by atoms with Gasteiger partial charge >= 0.3 is 0 Å². The minimum atomic E-state index is 0.112.